The average molecular weight is 194 g/mol. The molecule has 5 heteroatoms. The Morgan fingerprint density at radius 3 is 2.79 bits per heavy atom. The molecule has 2 heterocycles. The molecule has 1 aliphatic rings. The molecular formula is C9H10N2O3. The number of nitrogens with zero attached hydrogens (tertiary/aromatic N) is 2. The SMILES string of the molecule is O=C(c1cncnc1)C1COCCO1. The monoisotopic (exact) mass is 194 g/mol. The summed E-state index contributed by atoms with van der Waals surface area (Å²) in [6, 6.07) is 0. The van der Waals surface area contributed by atoms with Gasteiger partial charge in [0, 0.05) is 12.4 Å². The van der Waals surface area contributed by atoms with E-state index >= 15 is 0 Å². The number of rotatable bonds is 2. The first-order valence-electron chi connectivity index (χ1n) is 4.36. The zero-order valence-corrected chi connectivity index (χ0v) is 7.55. The zero-order chi connectivity index (χ0) is 9.80. The Balaban J connectivity index is 2.07. The highest BCUT2D eigenvalue weighted by Gasteiger charge is 2.23. The number of ketones is 1. The minimum absolute atomic E-state index is 0.120. The molecular weight excluding hydrogens is 184 g/mol. The summed E-state index contributed by atoms with van der Waals surface area (Å²) >= 11 is 0. The number of hydrogen-bond donors (Lipinski definition) is 0. The number of carbonyl (C=O) groups excluding carboxylic acids is 1. The van der Waals surface area contributed by atoms with Crippen LogP contribution in [0.2, 0.25) is 0 Å². The lowest BCUT2D eigenvalue weighted by Gasteiger charge is -2.21. The van der Waals surface area contributed by atoms with Crippen molar-refractivity contribution in [3.8, 4) is 0 Å². The lowest BCUT2D eigenvalue weighted by molar-refractivity contribution is -0.0719. The van der Waals surface area contributed by atoms with Crippen LogP contribution >= 0.6 is 0 Å². The van der Waals surface area contributed by atoms with E-state index in [9.17, 15) is 4.79 Å². The lowest BCUT2D eigenvalue weighted by atomic mass is 10.1. The third-order valence-electron chi connectivity index (χ3n) is 1.95. The molecule has 14 heavy (non-hydrogen) atoms. The second-order valence-corrected chi connectivity index (χ2v) is 2.93. The molecule has 0 amide bonds. The number of aromatic nitrogens is 2. The minimum Gasteiger partial charge on any atom is -0.376 e. The molecule has 0 spiro atoms. The van der Waals surface area contributed by atoms with Crippen LogP contribution in [0.4, 0.5) is 0 Å². The standard InChI is InChI=1S/C9H10N2O3/c12-9(7-3-10-6-11-4-7)8-5-13-1-2-14-8/h3-4,6,8H,1-2,5H2. The first kappa shape index (κ1) is 9.23. The molecule has 74 valence electrons. The maximum atomic E-state index is 11.7. The summed E-state index contributed by atoms with van der Waals surface area (Å²) in [5, 5.41) is 0. The predicted molar refractivity (Wildman–Crippen MR) is 46.9 cm³/mol. The molecule has 0 radical (unpaired) electrons. The van der Waals surface area contributed by atoms with Gasteiger partial charge in [-0.2, -0.15) is 0 Å². The van der Waals surface area contributed by atoms with Gasteiger partial charge in [-0.3, -0.25) is 4.79 Å². The fourth-order valence-corrected chi connectivity index (χ4v) is 1.25. The third kappa shape index (κ3) is 1.94. The number of Topliss-reactive ketones (excluding diaryl/α,β-unsaturated/α-hetero) is 1. The van der Waals surface area contributed by atoms with Crippen LogP contribution in [0, 0.1) is 0 Å². The van der Waals surface area contributed by atoms with Gasteiger partial charge in [0.2, 0.25) is 0 Å². The molecule has 0 saturated carbocycles. The van der Waals surface area contributed by atoms with Gasteiger partial charge >= 0.3 is 0 Å². The van der Waals surface area contributed by atoms with E-state index in [0.29, 0.717) is 25.4 Å². The zero-order valence-electron chi connectivity index (χ0n) is 7.55. The van der Waals surface area contributed by atoms with E-state index in [0.717, 1.165) is 0 Å². The summed E-state index contributed by atoms with van der Waals surface area (Å²) in [5.41, 5.74) is 0.461. The van der Waals surface area contributed by atoms with Crippen molar-refractivity contribution >= 4 is 5.78 Å². The van der Waals surface area contributed by atoms with E-state index < -0.39 is 6.10 Å². The van der Waals surface area contributed by atoms with E-state index in [4.69, 9.17) is 9.47 Å². The highest BCUT2D eigenvalue weighted by atomic mass is 16.6. The van der Waals surface area contributed by atoms with Gasteiger partial charge in [-0.05, 0) is 0 Å². The Kier molecular flexibility index (Phi) is 2.81. The Bertz CT molecular complexity index is 309. The fourth-order valence-electron chi connectivity index (χ4n) is 1.25. The van der Waals surface area contributed by atoms with Crippen LogP contribution in [0.5, 0.6) is 0 Å². The number of carbonyl (C=O) groups is 1. The van der Waals surface area contributed by atoms with Gasteiger partial charge in [-0.1, -0.05) is 0 Å². The van der Waals surface area contributed by atoms with Crippen molar-refractivity contribution in [2.75, 3.05) is 19.8 Å². The highest BCUT2D eigenvalue weighted by molar-refractivity contribution is 5.99. The van der Waals surface area contributed by atoms with Gasteiger partial charge in [-0.15, -0.1) is 0 Å². The summed E-state index contributed by atoms with van der Waals surface area (Å²) in [6.45, 7) is 1.33. The van der Waals surface area contributed by atoms with E-state index in [1.54, 1.807) is 0 Å². The topological polar surface area (TPSA) is 61.3 Å². The van der Waals surface area contributed by atoms with Crippen molar-refractivity contribution in [2.24, 2.45) is 0 Å². The van der Waals surface area contributed by atoms with E-state index in [2.05, 4.69) is 9.97 Å². The second kappa shape index (κ2) is 4.26. The Labute approximate surface area is 81.1 Å². The lowest BCUT2D eigenvalue weighted by Crippen LogP contribution is -2.35. The molecule has 1 aromatic heterocycles. The molecule has 1 atom stereocenters. The van der Waals surface area contributed by atoms with Gasteiger partial charge in [0.25, 0.3) is 0 Å². The van der Waals surface area contributed by atoms with Crippen LogP contribution in [0.15, 0.2) is 18.7 Å². The first-order chi connectivity index (χ1) is 6.88. The van der Waals surface area contributed by atoms with Crippen molar-refractivity contribution in [3.05, 3.63) is 24.3 Å². The quantitative estimate of drug-likeness (QED) is 0.624. The molecule has 0 N–H and O–H groups in total. The van der Waals surface area contributed by atoms with Crippen LogP contribution in [-0.4, -0.2) is 41.7 Å². The highest BCUT2D eigenvalue weighted by Crippen LogP contribution is 2.07. The minimum atomic E-state index is -0.505. The van der Waals surface area contributed by atoms with Crippen LogP contribution in [0.3, 0.4) is 0 Å². The Morgan fingerprint density at radius 1 is 1.36 bits per heavy atom. The summed E-state index contributed by atoms with van der Waals surface area (Å²) in [6.07, 6.45) is 3.84. The molecule has 2 rings (SSSR count). The van der Waals surface area contributed by atoms with Gasteiger partial charge in [0.15, 0.2) is 5.78 Å². The summed E-state index contributed by atoms with van der Waals surface area (Å²) in [5.74, 6) is -0.120. The smallest absolute Gasteiger partial charge is 0.197 e. The van der Waals surface area contributed by atoms with Gasteiger partial charge in [0.05, 0.1) is 25.4 Å². The predicted octanol–water partition coefficient (Wildman–Crippen LogP) is 0.0747. The molecule has 0 bridgehead atoms. The summed E-state index contributed by atoms with van der Waals surface area (Å²) < 4.78 is 10.4. The Hall–Kier alpha value is -1.33. The maximum absolute atomic E-state index is 11.7. The summed E-state index contributed by atoms with van der Waals surface area (Å²) in [4.78, 5) is 19.3. The van der Waals surface area contributed by atoms with Crippen molar-refractivity contribution in [2.45, 2.75) is 6.10 Å². The molecule has 1 aliphatic heterocycles. The molecule has 1 aromatic rings. The van der Waals surface area contributed by atoms with Crippen LogP contribution in [0.1, 0.15) is 10.4 Å². The molecule has 0 aromatic carbocycles. The van der Waals surface area contributed by atoms with Crippen molar-refractivity contribution < 1.29 is 14.3 Å². The largest absolute Gasteiger partial charge is 0.376 e. The van der Waals surface area contributed by atoms with Gasteiger partial charge < -0.3 is 9.47 Å². The maximum Gasteiger partial charge on any atom is 0.197 e. The van der Waals surface area contributed by atoms with E-state index in [-0.39, 0.29) is 5.78 Å². The van der Waals surface area contributed by atoms with Crippen LogP contribution in [-0.2, 0) is 9.47 Å². The van der Waals surface area contributed by atoms with Crippen LogP contribution < -0.4 is 0 Å². The van der Waals surface area contributed by atoms with E-state index in [1.807, 2.05) is 0 Å². The van der Waals surface area contributed by atoms with Crippen LogP contribution in [0.25, 0.3) is 0 Å². The van der Waals surface area contributed by atoms with Crippen molar-refractivity contribution in [1.29, 1.82) is 0 Å². The Morgan fingerprint density at radius 2 is 2.14 bits per heavy atom. The number of ether oxygens (including phenoxy) is 2. The molecule has 1 fully saturated rings. The van der Waals surface area contributed by atoms with Crippen molar-refractivity contribution in [1.82, 2.24) is 9.97 Å². The molecule has 5 nitrogen and oxygen atoms in total. The van der Waals surface area contributed by atoms with Gasteiger partial charge in [-0.25, -0.2) is 9.97 Å². The molecule has 1 saturated heterocycles. The summed E-state index contributed by atoms with van der Waals surface area (Å²) in [7, 11) is 0. The fraction of sp³-hybridized carbons (Fsp3) is 0.444. The molecule has 1 unspecified atom stereocenters. The second-order valence-electron chi connectivity index (χ2n) is 2.93. The van der Waals surface area contributed by atoms with Gasteiger partial charge in [0.1, 0.15) is 12.4 Å². The number of hydrogen-bond acceptors (Lipinski definition) is 5. The first-order valence-corrected chi connectivity index (χ1v) is 4.36. The normalized spacial score (nSPS) is 21.9. The van der Waals surface area contributed by atoms with E-state index in [1.165, 1.54) is 18.7 Å². The third-order valence-corrected chi connectivity index (χ3v) is 1.95. The van der Waals surface area contributed by atoms with Crippen molar-refractivity contribution in [3.63, 3.8) is 0 Å². The average Bonchev–Trinajstić information content (AvgIpc) is 2.30. The molecule has 0 aliphatic carbocycles.